The Balaban J connectivity index is 1.72. The fourth-order valence-electron chi connectivity index (χ4n) is 2.36. The second-order valence-corrected chi connectivity index (χ2v) is 7.43. The molecule has 23 heavy (non-hydrogen) atoms. The van der Waals surface area contributed by atoms with E-state index in [-0.39, 0.29) is 5.91 Å². The molecule has 0 unspecified atom stereocenters. The van der Waals surface area contributed by atoms with Crippen molar-refractivity contribution in [2.45, 2.75) is 6.92 Å². The molecule has 0 spiro atoms. The maximum Gasteiger partial charge on any atom is 0.266 e. The molecular weight excluding hydrogens is 378 g/mol. The van der Waals surface area contributed by atoms with E-state index in [2.05, 4.69) is 43.2 Å². The molecular formula is C15H18BrN5OS. The third-order valence-corrected chi connectivity index (χ3v) is 5.27. The number of hydrogen-bond donors (Lipinski definition) is 1. The normalized spacial score (nSPS) is 15.7. The Labute approximate surface area is 147 Å². The lowest BCUT2D eigenvalue weighted by Gasteiger charge is -2.32. The summed E-state index contributed by atoms with van der Waals surface area (Å²) in [6, 6.07) is 3.77. The molecule has 0 saturated carbocycles. The van der Waals surface area contributed by atoms with Crippen molar-refractivity contribution in [2.75, 3.05) is 38.5 Å². The molecule has 1 aliphatic heterocycles. The van der Waals surface area contributed by atoms with Gasteiger partial charge in [0.15, 0.2) is 5.13 Å². The number of thiazole rings is 1. The van der Waals surface area contributed by atoms with Crippen LogP contribution in [0.25, 0.3) is 0 Å². The number of carbonyl (C=O) groups excluding carboxylic acids is 1. The van der Waals surface area contributed by atoms with Gasteiger partial charge in [-0.15, -0.1) is 0 Å². The van der Waals surface area contributed by atoms with Crippen LogP contribution >= 0.6 is 27.3 Å². The lowest BCUT2D eigenvalue weighted by molar-refractivity contribution is 0.0668. The molecule has 0 radical (unpaired) electrons. The molecule has 1 fully saturated rings. The van der Waals surface area contributed by atoms with Crippen LogP contribution in [0.3, 0.4) is 0 Å². The number of nitrogens with zero attached hydrogens (tertiary/aromatic N) is 4. The maximum absolute atomic E-state index is 12.7. The number of likely N-dealkylation sites (N-methyl/N-ethyl adjacent to an activating group) is 1. The molecule has 0 atom stereocenters. The molecule has 2 aromatic heterocycles. The number of nitrogens with one attached hydrogen (secondary N) is 1. The van der Waals surface area contributed by atoms with Crippen molar-refractivity contribution in [3.8, 4) is 0 Å². The van der Waals surface area contributed by atoms with Crippen LogP contribution in [-0.2, 0) is 0 Å². The van der Waals surface area contributed by atoms with Gasteiger partial charge < -0.3 is 15.1 Å². The van der Waals surface area contributed by atoms with Gasteiger partial charge in [-0.25, -0.2) is 9.97 Å². The molecule has 3 rings (SSSR count). The predicted octanol–water partition coefficient (Wildman–Crippen LogP) is 2.74. The van der Waals surface area contributed by atoms with Crippen LogP contribution in [0.2, 0.25) is 0 Å². The highest BCUT2D eigenvalue weighted by Crippen LogP contribution is 2.27. The number of carbonyl (C=O) groups is 1. The lowest BCUT2D eigenvalue weighted by atomic mass is 10.3. The van der Waals surface area contributed by atoms with E-state index in [1.165, 1.54) is 11.3 Å². The first kappa shape index (κ1) is 16.4. The van der Waals surface area contributed by atoms with E-state index in [0.29, 0.717) is 15.8 Å². The van der Waals surface area contributed by atoms with Crippen molar-refractivity contribution >= 4 is 44.1 Å². The van der Waals surface area contributed by atoms with Crippen LogP contribution in [0.1, 0.15) is 15.4 Å². The standard InChI is InChI=1S/C15H18BrN5OS/c1-10-13(14(22)21-7-5-20(2)6-8-21)23-15(18-10)19-12-4-3-11(16)9-17-12/h3-4,9H,5-8H2,1-2H3,(H,17,18,19). The van der Waals surface area contributed by atoms with Crippen molar-refractivity contribution in [3.63, 3.8) is 0 Å². The van der Waals surface area contributed by atoms with Crippen LogP contribution in [0, 0.1) is 6.92 Å². The minimum atomic E-state index is 0.0740. The van der Waals surface area contributed by atoms with E-state index in [4.69, 9.17) is 0 Å². The van der Waals surface area contributed by atoms with Crippen LogP contribution < -0.4 is 5.32 Å². The Kier molecular flexibility index (Phi) is 4.93. The van der Waals surface area contributed by atoms with Gasteiger partial charge in [-0.2, -0.15) is 0 Å². The number of piperazine rings is 1. The first-order valence-corrected chi connectivity index (χ1v) is 8.97. The molecule has 0 aliphatic carbocycles. The molecule has 0 aromatic carbocycles. The number of amides is 1. The summed E-state index contributed by atoms with van der Waals surface area (Å²) in [6.45, 7) is 5.24. The molecule has 1 aliphatic rings. The monoisotopic (exact) mass is 395 g/mol. The number of anilines is 2. The fourth-order valence-corrected chi connectivity index (χ4v) is 3.54. The second kappa shape index (κ2) is 6.94. The first-order chi connectivity index (χ1) is 11.0. The molecule has 122 valence electrons. The Bertz CT molecular complexity index is 694. The fraction of sp³-hybridized carbons (Fsp3) is 0.400. The Morgan fingerprint density at radius 1 is 1.30 bits per heavy atom. The third kappa shape index (κ3) is 3.88. The van der Waals surface area contributed by atoms with Crippen LogP contribution in [0.4, 0.5) is 10.9 Å². The number of rotatable bonds is 3. The Morgan fingerprint density at radius 2 is 2.04 bits per heavy atom. The molecule has 2 aromatic rings. The van der Waals surface area contributed by atoms with Gasteiger partial charge in [0.2, 0.25) is 0 Å². The zero-order valence-corrected chi connectivity index (χ0v) is 15.4. The van der Waals surface area contributed by atoms with Gasteiger partial charge in [-0.05, 0) is 42.0 Å². The Morgan fingerprint density at radius 3 is 2.70 bits per heavy atom. The molecule has 1 amide bonds. The molecule has 8 heteroatoms. The highest BCUT2D eigenvalue weighted by atomic mass is 79.9. The summed E-state index contributed by atoms with van der Waals surface area (Å²) in [4.78, 5) is 26.2. The van der Waals surface area contributed by atoms with Crippen molar-refractivity contribution in [1.29, 1.82) is 0 Å². The lowest BCUT2D eigenvalue weighted by Crippen LogP contribution is -2.47. The molecule has 3 heterocycles. The minimum Gasteiger partial charge on any atom is -0.335 e. The maximum atomic E-state index is 12.7. The predicted molar refractivity (Wildman–Crippen MR) is 95.5 cm³/mol. The summed E-state index contributed by atoms with van der Waals surface area (Å²) in [5.74, 6) is 0.783. The zero-order valence-electron chi connectivity index (χ0n) is 13.0. The molecule has 1 saturated heterocycles. The quantitative estimate of drug-likeness (QED) is 0.865. The number of pyridine rings is 1. The van der Waals surface area contributed by atoms with Crippen molar-refractivity contribution < 1.29 is 4.79 Å². The highest BCUT2D eigenvalue weighted by Gasteiger charge is 2.24. The van der Waals surface area contributed by atoms with E-state index in [9.17, 15) is 4.79 Å². The van der Waals surface area contributed by atoms with Gasteiger partial charge in [0.05, 0.1) is 5.69 Å². The minimum absolute atomic E-state index is 0.0740. The van der Waals surface area contributed by atoms with Crippen LogP contribution in [-0.4, -0.2) is 58.9 Å². The SMILES string of the molecule is Cc1nc(Nc2ccc(Br)cn2)sc1C(=O)N1CCN(C)CC1. The van der Waals surface area contributed by atoms with Crippen molar-refractivity contribution in [2.24, 2.45) is 0 Å². The summed E-state index contributed by atoms with van der Waals surface area (Å²) < 4.78 is 0.921. The molecule has 1 N–H and O–H groups in total. The largest absolute Gasteiger partial charge is 0.335 e. The first-order valence-electron chi connectivity index (χ1n) is 7.37. The highest BCUT2D eigenvalue weighted by molar-refractivity contribution is 9.10. The summed E-state index contributed by atoms with van der Waals surface area (Å²) in [7, 11) is 2.08. The number of aromatic nitrogens is 2. The van der Waals surface area contributed by atoms with E-state index in [0.717, 1.165) is 36.3 Å². The average Bonchev–Trinajstić information content (AvgIpc) is 2.90. The van der Waals surface area contributed by atoms with E-state index < -0.39 is 0 Å². The van der Waals surface area contributed by atoms with Crippen molar-refractivity contribution in [3.05, 3.63) is 33.4 Å². The topological polar surface area (TPSA) is 61.4 Å². The van der Waals surface area contributed by atoms with Gasteiger partial charge in [-0.3, -0.25) is 4.79 Å². The van der Waals surface area contributed by atoms with Gasteiger partial charge in [0.1, 0.15) is 10.7 Å². The van der Waals surface area contributed by atoms with Crippen LogP contribution in [0.5, 0.6) is 0 Å². The average molecular weight is 396 g/mol. The number of hydrogen-bond acceptors (Lipinski definition) is 6. The van der Waals surface area contributed by atoms with Gasteiger partial charge in [0, 0.05) is 36.8 Å². The van der Waals surface area contributed by atoms with Gasteiger partial charge in [0.25, 0.3) is 5.91 Å². The van der Waals surface area contributed by atoms with Crippen molar-refractivity contribution in [1.82, 2.24) is 19.8 Å². The van der Waals surface area contributed by atoms with E-state index in [1.54, 1.807) is 6.20 Å². The molecule has 0 bridgehead atoms. The van der Waals surface area contributed by atoms with Gasteiger partial charge in [-0.1, -0.05) is 11.3 Å². The second-order valence-electron chi connectivity index (χ2n) is 5.52. The van der Waals surface area contributed by atoms with Gasteiger partial charge >= 0.3 is 0 Å². The molecule has 6 nitrogen and oxygen atoms in total. The third-order valence-electron chi connectivity index (χ3n) is 3.74. The summed E-state index contributed by atoms with van der Waals surface area (Å²) in [5.41, 5.74) is 0.763. The summed E-state index contributed by atoms with van der Waals surface area (Å²) >= 11 is 4.74. The summed E-state index contributed by atoms with van der Waals surface area (Å²) in [5, 5.41) is 3.84. The zero-order chi connectivity index (χ0) is 16.4. The summed E-state index contributed by atoms with van der Waals surface area (Å²) in [6.07, 6.45) is 1.72. The van der Waals surface area contributed by atoms with Crippen LogP contribution in [0.15, 0.2) is 22.8 Å². The number of halogens is 1. The van der Waals surface area contributed by atoms with E-state index in [1.807, 2.05) is 24.0 Å². The number of aryl methyl sites for hydroxylation is 1. The Hall–Kier alpha value is -1.51. The van der Waals surface area contributed by atoms with E-state index >= 15 is 0 Å². The smallest absolute Gasteiger partial charge is 0.266 e.